The molecule has 1 rings (SSSR count). The van der Waals surface area contributed by atoms with Crippen LogP contribution in [0.1, 0.15) is 5.56 Å². The number of anilines is 1. The molecule has 0 bridgehead atoms. The molecular formula is C10H13N2O. The lowest BCUT2D eigenvalue weighted by atomic mass is 10.1. The number of hydrogen-bond acceptors (Lipinski definition) is 1. The summed E-state index contributed by atoms with van der Waals surface area (Å²) in [5, 5.41) is 5.15. The minimum atomic E-state index is -0.206. The van der Waals surface area contributed by atoms with Gasteiger partial charge >= 0.3 is 6.03 Å². The third kappa shape index (κ3) is 2.78. The van der Waals surface area contributed by atoms with E-state index in [2.05, 4.69) is 17.6 Å². The second-order valence-corrected chi connectivity index (χ2v) is 2.65. The Morgan fingerprint density at radius 3 is 2.46 bits per heavy atom. The number of benzene rings is 1. The highest BCUT2D eigenvalue weighted by atomic mass is 16.2. The predicted octanol–water partition coefficient (Wildman–Crippen LogP) is 1.81. The minimum Gasteiger partial charge on any atom is -0.341 e. The van der Waals surface area contributed by atoms with Gasteiger partial charge in [0.1, 0.15) is 0 Å². The Hall–Kier alpha value is -1.51. The minimum absolute atomic E-state index is 0.206. The summed E-state index contributed by atoms with van der Waals surface area (Å²) < 4.78 is 0. The van der Waals surface area contributed by atoms with Crippen LogP contribution in [-0.4, -0.2) is 13.1 Å². The first-order valence-electron chi connectivity index (χ1n) is 4.13. The molecule has 69 valence electrons. The fourth-order valence-corrected chi connectivity index (χ4v) is 0.948. The molecule has 2 amide bonds. The number of urea groups is 1. The summed E-state index contributed by atoms with van der Waals surface area (Å²) in [4.78, 5) is 10.9. The van der Waals surface area contributed by atoms with Crippen LogP contribution in [0.3, 0.4) is 0 Å². The van der Waals surface area contributed by atoms with E-state index in [1.54, 1.807) is 7.05 Å². The standard InChI is InChI=1S/C10H13N2O/c1-3-8-4-6-9(7-5-8)12-10(13)11-2/h4-7H,1,3H2,2H3,(H2,11,12,13). The van der Waals surface area contributed by atoms with E-state index >= 15 is 0 Å². The molecule has 0 aromatic heterocycles. The highest BCUT2D eigenvalue weighted by Crippen LogP contribution is 2.09. The molecule has 2 N–H and O–H groups in total. The molecule has 1 aromatic carbocycles. The first-order valence-corrected chi connectivity index (χ1v) is 4.13. The summed E-state index contributed by atoms with van der Waals surface area (Å²) in [6.07, 6.45) is 0.764. The maximum absolute atomic E-state index is 10.9. The van der Waals surface area contributed by atoms with E-state index in [1.165, 1.54) is 0 Å². The van der Waals surface area contributed by atoms with E-state index in [0.29, 0.717) is 0 Å². The lowest BCUT2D eigenvalue weighted by Gasteiger charge is -2.04. The first-order chi connectivity index (χ1) is 6.26. The van der Waals surface area contributed by atoms with Crippen LogP contribution >= 0.6 is 0 Å². The largest absolute Gasteiger partial charge is 0.341 e. The van der Waals surface area contributed by atoms with Gasteiger partial charge in [0.15, 0.2) is 0 Å². The topological polar surface area (TPSA) is 41.1 Å². The number of hydrogen-bond donors (Lipinski definition) is 2. The maximum Gasteiger partial charge on any atom is 0.318 e. The van der Waals surface area contributed by atoms with E-state index in [1.807, 2.05) is 24.3 Å². The molecule has 0 aliphatic rings. The summed E-state index contributed by atoms with van der Waals surface area (Å²) in [7, 11) is 1.58. The number of carbonyl (C=O) groups is 1. The molecule has 0 saturated carbocycles. The van der Waals surface area contributed by atoms with Crippen LogP contribution in [0.25, 0.3) is 0 Å². The van der Waals surface area contributed by atoms with Crippen LogP contribution in [0.4, 0.5) is 10.5 Å². The fraction of sp³-hybridized carbons (Fsp3) is 0.200. The molecule has 3 nitrogen and oxygen atoms in total. The van der Waals surface area contributed by atoms with Gasteiger partial charge in [-0.2, -0.15) is 0 Å². The highest BCUT2D eigenvalue weighted by Gasteiger charge is 1.96. The van der Waals surface area contributed by atoms with Gasteiger partial charge in [-0.1, -0.05) is 12.1 Å². The molecule has 0 aliphatic heterocycles. The van der Waals surface area contributed by atoms with Crippen molar-refractivity contribution in [2.24, 2.45) is 0 Å². The third-order valence-corrected chi connectivity index (χ3v) is 1.73. The van der Waals surface area contributed by atoms with Crippen molar-refractivity contribution in [2.75, 3.05) is 12.4 Å². The summed E-state index contributed by atoms with van der Waals surface area (Å²) in [6.45, 7) is 3.76. The molecular weight excluding hydrogens is 164 g/mol. The average Bonchev–Trinajstić information content (AvgIpc) is 2.19. The van der Waals surface area contributed by atoms with Gasteiger partial charge in [-0.3, -0.25) is 0 Å². The first kappa shape index (κ1) is 9.58. The summed E-state index contributed by atoms with van der Waals surface area (Å²) in [6, 6.07) is 7.39. The van der Waals surface area contributed by atoms with Crippen LogP contribution in [0.5, 0.6) is 0 Å². The van der Waals surface area contributed by atoms with Crippen molar-refractivity contribution in [1.29, 1.82) is 0 Å². The van der Waals surface area contributed by atoms with E-state index in [0.717, 1.165) is 17.7 Å². The van der Waals surface area contributed by atoms with Gasteiger partial charge in [0.25, 0.3) is 0 Å². The monoisotopic (exact) mass is 177 g/mol. The zero-order valence-corrected chi connectivity index (χ0v) is 7.63. The van der Waals surface area contributed by atoms with Gasteiger partial charge < -0.3 is 10.6 Å². The smallest absolute Gasteiger partial charge is 0.318 e. The van der Waals surface area contributed by atoms with Crippen LogP contribution in [0, 0.1) is 6.92 Å². The second-order valence-electron chi connectivity index (χ2n) is 2.65. The molecule has 1 aromatic rings. The number of carbonyl (C=O) groups excluding carboxylic acids is 1. The van der Waals surface area contributed by atoms with Gasteiger partial charge in [-0.15, -0.1) is 0 Å². The summed E-state index contributed by atoms with van der Waals surface area (Å²) in [5.74, 6) is 0. The third-order valence-electron chi connectivity index (χ3n) is 1.73. The second kappa shape index (κ2) is 4.50. The zero-order chi connectivity index (χ0) is 9.68. The molecule has 0 heterocycles. The molecule has 0 atom stereocenters. The van der Waals surface area contributed by atoms with Gasteiger partial charge in [0, 0.05) is 12.7 Å². The lowest BCUT2D eigenvalue weighted by Crippen LogP contribution is -2.24. The quantitative estimate of drug-likeness (QED) is 0.710. The van der Waals surface area contributed by atoms with E-state index < -0.39 is 0 Å². The highest BCUT2D eigenvalue weighted by molar-refractivity contribution is 5.88. The van der Waals surface area contributed by atoms with Crippen LogP contribution in [0.2, 0.25) is 0 Å². The SMILES string of the molecule is [CH2]Cc1ccc(NC(=O)NC)cc1. The van der Waals surface area contributed by atoms with Crippen molar-refractivity contribution < 1.29 is 4.79 Å². The maximum atomic E-state index is 10.9. The van der Waals surface area contributed by atoms with Gasteiger partial charge in [-0.05, 0) is 31.0 Å². The zero-order valence-electron chi connectivity index (χ0n) is 7.63. The van der Waals surface area contributed by atoms with Crippen molar-refractivity contribution in [3.8, 4) is 0 Å². The lowest BCUT2D eigenvalue weighted by molar-refractivity contribution is 0.254. The number of amides is 2. The van der Waals surface area contributed by atoms with Crippen LogP contribution in [-0.2, 0) is 6.42 Å². The Balaban J connectivity index is 2.64. The van der Waals surface area contributed by atoms with Gasteiger partial charge in [-0.25, -0.2) is 4.79 Å². The van der Waals surface area contributed by atoms with Crippen LogP contribution < -0.4 is 10.6 Å². The molecule has 13 heavy (non-hydrogen) atoms. The normalized spacial score (nSPS) is 9.38. The number of nitrogens with one attached hydrogen (secondary N) is 2. The van der Waals surface area contributed by atoms with Crippen molar-refractivity contribution in [1.82, 2.24) is 5.32 Å². The molecule has 0 saturated heterocycles. The Morgan fingerprint density at radius 1 is 1.38 bits per heavy atom. The van der Waals surface area contributed by atoms with E-state index in [4.69, 9.17) is 0 Å². The Bertz CT molecular complexity index is 279. The van der Waals surface area contributed by atoms with Crippen LogP contribution in [0.15, 0.2) is 24.3 Å². The Labute approximate surface area is 78.2 Å². The fourth-order valence-electron chi connectivity index (χ4n) is 0.948. The molecule has 0 fully saturated rings. The van der Waals surface area contributed by atoms with Crippen molar-refractivity contribution >= 4 is 11.7 Å². The predicted molar refractivity (Wildman–Crippen MR) is 53.6 cm³/mol. The molecule has 1 radical (unpaired) electrons. The Morgan fingerprint density at radius 2 is 2.00 bits per heavy atom. The van der Waals surface area contributed by atoms with Crippen molar-refractivity contribution in [3.63, 3.8) is 0 Å². The summed E-state index contributed by atoms with van der Waals surface area (Å²) in [5.41, 5.74) is 1.94. The Kier molecular flexibility index (Phi) is 3.31. The van der Waals surface area contributed by atoms with Gasteiger partial charge in [0.05, 0.1) is 0 Å². The molecule has 0 unspecified atom stereocenters. The van der Waals surface area contributed by atoms with E-state index in [-0.39, 0.29) is 6.03 Å². The van der Waals surface area contributed by atoms with E-state index in [9.17, 15) is 4.79 Å². The van der Waals surface area contributed by atoms with Crippen molar-refractivity contribution in [3.05, 3.63) is 36.8 Å². The number of rotatable bonds is 2. The molecule has 3 heteroatoms. The molecule has 0 spiro atoms. The van der Waals surface area contributed by atoms with Crippen molar-refractivity contribution in [2.45, 2.75) is 6.42 Å². The van der Waals surface area contributed by atoms with Gasteiger partial charge in [0.2, 0.25) is 0 Å². The molecule has 0 aliphatic carbocycles. The summed E-state index contributed by atoms with van der Waals surface area (Å²) >= 11 is 0. The average molecular weight is 177 g/mol.